The second-order valence-corrected chi connectivity index (χ2v) is 10.5. The first kappa shape index (κ1) is 27.0. The maximum atomic E-state index is 12.9. The average molecular weight is 523 g/mol. The number of hydrogen-bond acceptors (Lipinski definition) is 8. The number of benzene rings is 1. The number of halogens is 1. The zero-order valence-corrected chi connectivity index (χ0v) is 22.1. The van der Waals surface area contributed by atoms with Crippen molar-refractivity contribution in [3.05, 3.63) is 22.7 Å². The van der Waals surface area contributed by atoms with E-state index in [1.54, 1.807) is 13.2 Å². The number of amides is 1. The summed E-state index contributed by atoms with van der Waals surface area (Å²) in [7, 11) is 3.17. The molecular formula is C26H39ClN4O5. The van der Waals surface area contributed by atoms with Crippen molar-refractivity contribution in [2.75, 3.05) is 52.7 Å². The largest absolute Gasteiger partial charge is 0.496 e. The van der Waals surface area contributed by atoms with Crippen molar-refractivity contribution in [1.82, 2.24) is 15.1 Å². The summed E-state index contributed by atoms with van der Waals surface area (Å²) in [6.45, 7) is 4.67. The van der Waals surface area contributed by atoms with Crippen LogP contribution in [0.15, 0.2) is 12.1 Å². The molecule has 1 amide bonds. The Hall–Kier alpha value is -2.07. The number of nitrogens with two attached hydrogens (primary N) is 1. The van der Waals surface area contributed by atoms with Gasteiger partial charge in [-0.25, -0.2) is 0 Å². The fourth-order valence-electron chi connectivity index (χ4n) is 5.65. The van der Waals surface area contributed by atoms with E-state index in [0.29, 0.717) is 34.4 Å². The quantitative estimate of drug-likeness (QED) is 0.259. The van der Waals surface area contributed by atoms with Crippen LogP contribution < -0.4 is 15.8 Å². The number of fused-ring (bicyclic) bond motifs is 2. The third-order valence-corrected chi connectivity index (χ3v) is 8.10. The third kappa shape index (κ3) is 6.43. The lowest BCUT2D eigenvalue weighted by molar-refractivity contribution is -0.156. The van der Waals surface area contributed by atoms with E-state index in [4.69, 9.17) is 31.5 Å². The highest BCUT2D eigenvalue weighted by molar-refractivity contribution is 6.33. The number of esters is 1. The van der Waals surface area contributed by atoms with Gasteiger partial charge in [0.15, 0.2) is 6.23 Å². The highest BCUT2D eigenvalue weighted by atomic mass is 35.5. The topological polar surface area (TPSA) is 106 Å². The minimum absolute atomic E-state index is 0.0309. The second kappa shape index (κ2) is 12.4. The first-order chi connectivity index (χ1) is 17.4. The number of methoxy groups -OCH3 is 2. The Morgan fingerprint density at radius 1 is 1.11 bits per heavy atom. The Labute approximate surface area is 218 Å². The molecule has 9 nitrogen and oxygen atoms in total. The molecule has 1 aromatic rings. The number of hydrogen-bond donors (Lipinski definition) is 2. The van der Waals surface area contributed by atoms with Crippen LogP contribution in [0.5, 0.6) is 5.75 Å². The Morgan fingerprint density at radius 3 is 2.56 bits per heavy atom. The van der Waals surface area contributed by atoms with Crippen LogP contribution in [0.1, 0.15) is 55.3 Å². The lowest BCUT2D eigenvalue weighted by atomic mass is 10.00. The number of piperidine rings is 2. The molecule has 3 aliphatic heterocycles. The fraction of sp³-hybridized carbons (Fsp3) is 0.692. The van der Waals surface area contributed by atoms with E-state index in [1.807, 2.05) is 0 Å². The van der Waals surface area contributed by atoms with Crippen molar-refractivity contribution in [2.45, 2.75) is 63.3 Å². The van der Waals surface area contributed by atoms with Crippen molar-refractivity contribution in [3.63, 3.8) is 0 Å². The predicted octanol–water partition coefficient (Wildman–Crippen LogP) is 2.91. The van der Waals surface area contributed by atoms with Crippen LogP contribution in [0.2, 0.25) is 5.02 Å². The fourth-order valence-corrected chi connectivity index (χ4v) is 5.82. The molecule has 3 N–H and O–H groups in total. The molecule has 3 saturated heterocycles. The number of nitrogens with zero attached hydrogens (tertiary/aromatic N) is 2. The van der Waals surface area contributed by atoms with Gasteiger partial charge >= 0.3 is 5.97 Å². The molecule has 0 spiro atoms. The lowest BCUT2D eigenvalue weighted by Crippen LogP contribution is -2.54. The molecule has 3 atom stereocenters. The Balaban J connectivity index is 1.16. The Kier molecular flexibility index (Phi) is 9.33. The van der Waals surface area contributed by atoms with Crippen LogP contribution in [-0.2, 0) is 14.3 Å². The molecule has 0 saturated carbocycles. The van der Waals surface area contributed by atoms with Gasteiger partial charge in [0.1, 0.15) is 5.75 Å². The number of rotatable bonds is 11. The molecule has 3 aliphatic rings. The Morgan fingerprint density at radius 2 is 1.89 bits per heavy atom. The zero-order chi connectivity index (χ0) is 25.7. The summed E-state index contributed by atoms with van der Waals surface area (Å²) in [5.41, 5.74) is 6.55. The van der Waals surface area contributed by atoms with E-state index in [0.717, 1.165) is 71.2 Å². The predicted molar refractivity (Wildman–Crippen MR) is 138 cm³/mol. The summed E-state index contributed by atoms with van der Waals surface area (Å²) in [5.74, 6) is 0.608. The standard InChI is InChI=1S/C26H39ClN4O5/c1-34-22-15-20(28)19(27)14-18(22)25(33)29-21-9-11-30(16-23(21)35-2)10-5-3-4-6-24(32)36-26-17-7-12-31(26)13-8-17/h14-15,17,21,23,26H,3-13,16,28H2,1-2H3,(H,29,33)/t21-,23+,26+/m0/s1. The number of carbonyl (C=O) groups is 2. The average Bonchev–Trinajstić information content (AvgIpc) is 3.44. The normalized spacial score (nSPS) is 27.7. The summed E-state index contributed by atoms with van der Waals surface area (Å²) < 4.78 is 16.8. The minimum atomic E-state index is -0.261. The zero-order valence-electron chi connectivity index (χ0n) is 21.3. The van der Waals surface area contributed by atoms with Gasteiger partial charge in [-0.15, -0.1) is 0 Å². The van der Waals surface area contributed by atoms with Crippen molar-refractivity contribution in [2.24, 2.45) is 5.92 Å². The van der Waals surface area contributed by atoms with Gasteiger partial charge in [-0.2, -0.15) is 0 Å². The first-order valence-corrected chi connectivity index (χ1v) is 13.4. The van der Waals surface area contributed by atoms with Crippen LogP contribution in [-0.4, -0.2) is 87.0 Å². The molecule has 0 unspecified atom stereocenters. The van der Waals surface area contributed by atoms with Gasteiger partial charge in [-0.3, -0.25) is 14.5 Å². The van der Waals surface area contributed by atoms with Crippen LogP contribution in [0.4, 0.5) is 5.69 Å². The van der Waals surface area contributed by atoms with Gasteiger partial charge in [0.05, 0.1) is 35.5 Å². The van der Waals surface area contributed by atoms with E-state index in [9.17, 15) is 9.59 Å². The molecule has 4 rings (SSSR count). The SMILES string of the molecule is COc1cc(N)c(Cl)cc1C(=O)N[C@H]1CCN(CCCCCC(=O)O[C@@H]2C3CCN2CC3)C[C@H]1OC. The molecule has 0 radical (unpaired) electrons. The molecule has 10 heteroatoms. The van der Waals surface area contributed by atoms with Gasteiger partial charge in [0.25, 0.3) is 5.91 Å². The summed E-state index contributed by atoms with van der Waals surface area (Å²) >= 11 is 6.13. The number of nitrogen functional groups attached to an aromatic ring is 1. The van der Waals surface area contributed by atoms with Crippen molar-refractivity contribution in [1.29, 1.82) is 0 Å². The van der Waals surface area contributed by atoms with Gasteiger partial charge in [-0.05, 0) is 44.7 Å². The van der Waals surface area contributed by atoms with Gasteiger partial charge in [0.2, 0.25) is 0 Å². The maximum absolute atomic E-state index is 12.9. The summed E-state index contributed by atoms with van der Waals surface area (Å²) in [6, 6.07) is 2.98. The van der Waals surface area contributed by atoms with E-state index in [1.165, 1.54) is 13.2 Å². The molecule has 2 bridgehead atoms. The molecular weight excluding hydrogens is 484 g/mol. The van der Waals surface area contributed by atoms with Crippen molar-refractivity contribution >= 4 is 29.2 Å². The number of nitrogens with one attached hydrogen (secondary N) is 1. The van der Waals surface area contributed by atoms with Crippen molar-refractivity contribution in [3.8, 4) is 5.75 Å². The second-order valence-electron chi connectivity index (χ2n) is 10.1. The molecule has 1 aromatic carbocycles. The molecule has 36 heavy (non-hydrogen) atoms. The molecule has 0 aromatic heterocycles. The molecule has 200 valence electrons. The van der Waals surface area contributed by atoms with E-state index < -0.39 is 0 Å². The van der Waals surface area contributed by atoms with Gasteiger partial charge < -0.3 is 30.2 Å². The van der Waals surface area contributed by atoms with Crippen LogP contribution in [0, 0.1) is 5.92 Å². The number of carbonyl (C=O) groups excluding carboxylic acids is 2. The van der Waals surface area contributed by atoms with E-state index in [2.05, 4.69) is 15.1 Å². The Bertz CT molecular complexity index is 912. The highest BCUT2D eigenvalue weighted by Crippen LogP contribution is 2.35. The van der Waals surface area contributed by atoms with E-state index >= 15 is 0 Å². The molecule has 3 fully saturated rings. The highest BCUT2D eigenvalue weighted by Gasteiger charge is 2.42. The first-order valence-electron chi connectivity index (χ1n) is 13.0. The van der Waals surface area contributed by atoms with Gasteiger partial charge in [0, 0.05) is 51.7 Å². The minimum Gasteiger partial charge on any atom is -0.496 e. The molecule has 3 heterocycles. The maximum Gasteiger partial charge on any atom is 0.307 e. The molecule has 0 aliphatic carbocycles. The van der Waals surface area contributed by atoms with Crippen LogP contribution in [0.25, 0.3) is 0 Å². The number of anilines is 1. The summed E-state index contributed by atoms with van der Waals surface area (Å²) in [6.07, 6.45) is 6.34. The van der Waals surface area contributed by atoms with Gasteiger partial charge in [-0.1, -0.05) is 18.0 Å². The third-order valence-electron chi connectivity index (χ3n) is 7.77. The van der Waals surface area contributed by atoms with Crippen LogP contribution >= 0.6 is 11.6 Å². The number of unbranched alkanes of at least 4 members (excludes halogenated alkanes) is 2. The monoisotopic (exact) mass is 522 g/mol. The summed E-state index contributed by atoms with van der Waals surface area (Å²) in [5, 5.41) is 3.40. The van der Waals surface area contributed by atoms with Crippen molar-refractivity contribution < 1.29 is 23.8 Å². The smallest absolute Gasteiger partial charge is 0.307 e. The number of likely N-dealkylation sites (tertiary alicyclic amines) is 1. The van der Waals surface area contributed by atoms with E-state index in [-0.39, 0.29) is 30.3 Å². The van der Waals surface area contributed by atoms with Crippen LogP contribution in [0.3, 0.4) is 0 Å². The lowest BCUT2D eigenvalue weighted by Gasteiger charge is -2.38. The summed E-state index contributed by atoms with van der Waals surface area (Å²) in [4.78, 5) is 29.8. The number of ether oxygens (including phenoxy) is 3.